The first kappa shape index (κ1) is 17.0. The second-order valence-electron chi connectivity index (χ2n) is 8.45. The second kappa shape index (κ2) is 6.79. The molecular formula is C24H27NO2. The molecule has 1 saturated heterocycles. The Morgan fingerprint density at radius 1 is 0.852 bits per heavy atom. The summed E-state index contributed by atoms with van der Waals surface area (Å²) in [6, 6.07) is 14.5. The van der Waals surface area contributed by atoms with Crippen molar-refractivity contribution < 1.29 is 9.90 Å². The fraction of sp³-hybridized carbons (Fsp3) is 0.458. The predicted molar refractivity (Wildman–Crippen MR) is 107 cm³/mol. The summed E-state index contributed by atoms with van der Waals surface area (Å²) in [7, 11) is 0. The fourth-order valence-corrected chi connectivity index (χ4v) is 5.36. The lowest BCUT2D eigenvalue weighted by Gasteiger charge is -2.35. The van der Waals surface area contributed by atoms with E-state index in [0.717, 1.165) is 32.4 Å². The van der Waals surface area contributed by atoms with E-state index in [-0.39, 0.29) is 5.92 Å². The molecule has 0 amide bonds. The molecule has 1 fully saturated rings. The molecule has 140 valence electrons. The van der Waals surface area contributed by atoms with E-state index < -0.39 is 5.97 Å². The van der Waals surface area contributed by atoms with Crippen molar-refractivity contribution in [2.75, 3.05) is 13.1 Å². The predicted octanol–water partition coefficient (Wildman–Crippen LogP) is 4.63. The Morgan fingerprint density at radius 3 is 2.33 bits per heavy atom. The van der Waals surface area contributed by atoms with Crippen molar-refractivity contribution in [1.82, 2.24) is 4.90 Å². The van der Waals surface area contributed by atoms with E-state index in [9.17, 15) is 9.90 Å². The maximum Gasteiger partial charge on any atom is 0.306 e. The Kier molecular flexibility index (Phi) is 4.28. The lowest BCUT2D eigenvalue weighted by molar-refractivity contribution is -0.143. The molecule has 2 aliphatic carbocycles. The van der Waals surface area contributed by atoms with E-state index in [2.05, 4.69) is 41.3 Å². The molecular weight excluding hydrogens is 334 g/mol. The van der Waals surface area contributed by atoms with E-state index in [1.54, 1.807) is 0 Å². The van der Waals surface area contributed by atoms with Crippen LogP contribution in [0.15, 0.2) is 36.4 Å². The number of aryl methyl sites for hydroxylation is 3. The number of carbonyl (C=O) groups is 1. The highest BCUT2D eigenvalue weighted by Crippen LogP contribution is 2.40. The van der Waals surface area contributed by atoms with Gasteiger partial charge < -0.3 is 5.11 Å². The van der Waals surface area contributed by atoms with E-state index in [0.29, 0.717) is 6.04 Å². The number of aliphatic carboxylic acids is 1. The maximum absolute atomic E-state index is 11.2. The van der Waals surface area contributed by atoms with Gasteiger partial charge in [0.2, 0.25) is 0 Å². The van der Waals surface area contributed by atoms with E-state index in [1.165, 1.54) is 59.1 Å². The summed E-state index contributed by atoms with van der Waals surface area (Å²) in [5.41, 5.74) is 8.71. The van der Waals surface area contributed by atoms with Gasteiger partial charge in [0.05, 0.1) is 5.92 Å². The molecule has 0 saturated carbocycles. The van der Waals surface area contributed by atoms with E-state index in [4.69, 9.17) is 0 Å². The molecule has 3 aliphatic rings. The number of hydrogen-bond acceptors (Lipinski definition) is 2. The molecule has 3 nitrogen and oxygen atoms in total. The van der Waals surface area contributed by atoms with Gasteiger partial charge in [-0.15, -0.1) is 0 Å². The lowest BCUT2D eigenvalue weighted by atomic mass is 9.94. The van der Waals surface area contributed by atoms with Crippen molar-refractivity contribution in [3.63, 3.8) is 0 Å². The highest BCUT2D eigenvalue weighted by molar-refractivity contribution is 5.70. The number of carboxylic acids is 1. The zero-order valence-electron chi connectivity index (χ0n) is 15.8. The van der Waals surface area contributed by atoms with Crippen LogP contribution >= 0.6 is 0 Å². The highest BCUT2D eigenvalue weighted by atomic mass is 16.4. The number of carboxylic acid groups (broad SMARTS) is 1. The van der Waals surface area contributed by atoms with E-state index >= 15 is 0 Å². The molecule has 0 radical (unpaired) electrons. The summed E-state index contributed by atoms with van der Waals surface area (Å²) in [5, 5.41) is 9.23. The monoisotopic (exact) mass is 361 g/mol. The number of likely N-dealkylation sites (tertiary alicyclic amines) is 1. The maximum atomic E-state index is 11.2. The molecule has 1 unspecified atom stereocenters. The number of piperidine rings is 1. The van der Waals surface area contributed by atoms with Crippen LogP contribution in [0.5, 0.6) is 0 Å². The third-order valence-electron chi connectivity index (χ3n) is 6.94. The Bertz CT molecular complexity index is 880. The van der Waals surface area contributed by atoms with Crippen LogP contribution in [-0.2, 0) is 24.1 Å². The van der Waals surface area contributed by atoms with Gasteiger partial charge in [-0.3, -0.25) is 9.69 Å². The third-order valence-corrected chi connectivity index (χ3v) is 6.94. The highest BCUT2D eigenvalue weighted by Gasteiger charge is 2.32. The molecule has 0 bridgehead atoms. The number of hydrogen-bond donors (Lipinski definition) is 1. The van der Waals surface area contributed by atoms with Gasteiger partial charge in [0, 0.05) is 6.04 Å². The van der Waals surface area contributed by atoms with Crippen LogP contribution in [0.2, 0.25) is 0 Å². The first-order valence-corrected chi connectivity index (χ1v) is 10.4. The van der Waals surface area contributed by atoms with Gasteiger partial charge in [-0.1, -0.05) is 36.4 Å². The van der Waals surface area contributed by atoms with E-state index in [1.807, 2.05) is 0 Å². The van der Waals surface area contributed by atoms with Crippen LogP contribution in [0.25, 0.3) is 11.1 Å². The number of fused-ring (bicyclic) bond motifs is 2. The fourth-order valence-electron chi connectivity index (χ4n) is 5.36. The molecule has 1 aliphatic heterocycles. The number of rotatable bonds is 3. The largest absolute Gasteiger partial charge is 0.481 e. The second-order valence-corrected chi connectivity index (χ2v) is 8.45. The lowest BCUT2D eigenvalue weighted by Crippen LogP contribution is -2.38. The van der Waals surface area contributed by atoms with Gasteiger partial charge in [-0.25, -0.2) is 0 Å². The minimum absolute atomic E-state index is 0.149. The Balaban J connectivity index is 1.36. The summed E-state index contributed by atoms with van der Waals surface area (Å²) in [6.45, 7) is 1.82. The molecule has 2 aromatic rings. The first-order valence-electron chi connectivity index (χ1n) is 10.4. The normalized spacial score (nSPS) is 22.6. The molecule has 1 heterocycles. The average molecular weight is 361 g/mol. The molecule has 5 rings (SSSR count). The van der Waals surface area contributed by atoms with Gasteiger partial charge in [0.15, 0.2) is 0 Å². The summed E-state index contributed by atoms with van der Waals surface area (Å²) >= 11 is 0. The molecule has 1 N–H and O–H groups in total. The van der Waals surface area contributed by atoms with Crippen LogP contribution in [0.1, 0.15) is 54.0 Å². The molecule has 1 atom stereocenters. The minimum Gasteiger partial charge on any atom is -0.481 e. The topological polar surface area (TPSA) is 40.5 Å². The van der Waals surface area contributed by atoms with Crippen molar-refractivity contribution in [1.29, 1.82) is 0 Å². The SMILES string of the molecule is O=C(O)C1CCN(C2CCc3cc(-c4ccc5c(c4)CCC5)ccc32)CC1. The third kappa shape index (κ3) is 3.08. The number of benzene rings is 2. The van der Waals surface area contributed by atoms with Crippen LogP contribution in [0.4, 0.5) is 0 Å². The van der Waals surface area contributed by atoms with Crippen LogP contribution in [-0.4, -0.2) is 29.1 Å². The van der Waals surface area contributed by atoms with Crippen molar-refractivity contribution in [3.8, 4) is 11.1 Å². The smallest absolute Gasteiger partial charge is 0.306 e. The minimum atomic E-state index is -0.625. The van der Waals surface area contributed by atoms with Crippen molar-refractivity contribution in [2.24, 2.45) is 5.92 Å². The summed E-state index contributed by atoms with van der Waals surface area (Å²) in [4.78, 5) is 13.7. The van der Waals surface area contributed by atoms with Gasteiger partial charge in [0.1, 0.15) is 0 Å². The van der Waals surface area contributed by atoms with Crippen LogP contribution in [0.3, 0.4) is 0 Å². The van der Waals surface area contributed by atoms with Gasteiger partial charge in [-0.05, 0) is 91.4 Å². The van der Waals surface area contributed by atoms with Gasteiger partial charge in [-0.2, -0.15) is 0 Å². The Morgan fingerprint density at radius 2 is 1.56 bits per heavy atom. The van der Waals surface area contributed by atoms with Crippen LogP contribution in [0, 0.1) is 5.92 Å². The quantitative estimate of drug-likeness (QED) is 0.867. The van der Waals surface area contributed by atoms with Crippen molar-refractivity contribution in [2.45, 2.75) is 51.0 Å². The van der Waals surface area contributed by atoms with Crippen molar-refractivity contribution in [3.05, 3.63) is 58.7 Å². The first-order chi connectivity index (χ1) is 13.2. The average Bonchev–Trinajstić information content (AvgIpc) is 3.33. The molecule has 3 heteroatoms. The molecule has 27 heavy (non-hydrogen) atoms. The summed E-state index contributed by atoms with van der Waals surface area (Å²) in [5.74, 6) is -0.773. The van der Waals surface area contributed by atoms with Gasteiger partial charge in [0.25, 0.3) is 0 Å². The van der Waals surface area contributed by atoms with Gasteiger partial charge >= 0.3 is 5.97 Å². The Hall–Kier alpha value is -2.13. The molecule has 2 aromatic carbocycles. The standard InChI is InChI=1S/C24H27NO2/c26-24(27)17-10-12-25(13-11-17)23-9-7-21-15-20(6-8-22(21)23)19-5-4-16-2-1-3-18(16)14-19/h4-6,8,14-15,17,23H,1-3,7,9-13H2,(H,26,27). The molecule has 0 spiro atoms. The molecule has 0 aromatic heterocycles. The van der Waals surface area contributed by atoms with Crippen LogP contribution < -0.4 is 0 Å². The zero-order valence-corrected chi connectivity index (χ0v) is 15.8. The number of nitrogens with zero attached hydrogens (tertiary/aromatic N) is 1. The zero-order chi connectivity index (χ0) is 18.4. The summed E-state index contributed by atoms with van der Waals surface area (Å²) in [6.07, 6.45) is 7.63. The van der Waals surface area contributed by atoms with Crippen molar-refractivity contribution >= 4 is 5.97 Å². The summed E-state index contributed by atoms with van der Waals surface area (Å²) < 4.78 is 0. The Labute approximate surface area is 161 Å².